The van der Waals surface area contributed by atoms with Gasteiger partial charge in [0, 0.05) is 38.9 Å². The molecule has 1 aliphatic rings. The Hall–Kier alpha value is -2.39. The standard InChI is InChI=1S/C18H22N4O3.ClH.H2O/c19-18(25)14-11-13(4-5-15(14)23)16(24)12-21-7-9-22(10-8-21)17-3-1-2-6-20-17;;/h1-6,11,16,23-24H,7-10,12H2,(H2,19,25);1H;1H2. The Labute approximate surface area is 164 Å². The fourth-order valence-electron chi connectivity index (χ4n) is 3.01. The number of halogens is 1. The molecule has 1 aromatic carbocycles. The average molecular weight is 397 g/mol. The minimum atomic E-state index is -0.750. The van der Waals surface area contributed by atoms with Crippen molar-refractivity contribution >= 4 is 24.1 Å². The number of hydrogen-bond donors (Lipinski definition) is 3. The van der Waals surface area contributed by atoms with Crippen molar-refractivity contribution in [1.82, 2.24) is 9.88 Å². The van der Waals surface area contributed by atoms with Crippen molar-refractivity contribution in [2.24, 2.45) is 5.73 Å². The topological polar surface area (TPSA) is 134 Å². The molecule has 148 valence electrons. The number of carbonyl (C=O) groups is 1. The van der Waals surface area contributed by atoms with E-state index in [0.29, 0.717) is 12.1 Å². The van der Waals surface area contributed by atoms with Gasteiger partial charge in [0.05, 0.1) is 11.7 Å². The van der Waals surface area contributed by atoms with E-state index < -0.39 is 12.0 Å². The Morgan fingerprint density at radius 3 is 2.48 bits per heavy atom. The molecule has 1 atom stereocenters. The Morgan fingerprint density at radius 1 is 1.19 bits per heavy atom. The zero-order valence-electron chi connectivity index (χ0n) is 14.8. The van der Waals surface area contributed by atoms with E-state index in [2.05, 4.69) is 14.8 Å². The number of rotatable bonds is 5. The van der Waals surface area contributed by atoms with E-state index in [0.717, 1.165) is 32.0 Å². The van der Waals surface area contributed by atoms with Crippen LogP contribution < -0.4 is 10.6 Å². The number of β-amino-alcohol motifs (C(OH)–C–C–N with tert-alkyl or cyclic N) is 1. The number of carbonyl (C=O) groups excluding carboxylic acids is 1. The van der Waals surface area contributed by atoms with Crippen molar-refractivity contribution in [2.75, 3.05) is 37.6 Å². The van der Waals surface area contributed by atoms with Crippen molar-refractivity contribution in [1.29, 1.82) is 0 Å². The van der Waals surface area contributed by atoms with E-state index in [1.165, 1.54) is 12.1 Å². The van der Waals surface area contributed by atoms with Crippen LogP contribution in [0.2, 0.25) is 0 Å². The second-order valence-electron chi connectivity index (χ2n) is 6.13. The number of aromatic nitrogens is 1. The summed E-state index contributed by atoms with van der Waals surface area (Å²) in [4.78, 5) is 20.1. The molecule has 3 rings (SSSR count). The molecule has 1 unspecified atom stereocenters. The van der Waals surface area contributed by atoms with Gasteiger partial charge in [0.15, 0.2) is 0 Å². The van der Waals surface area contributed by atoms with Gasteiger partial charge in [-0.25, -0.2) is 4.98 Å². The molecule has 1 saturated heterocycles. The first kappa shape index (κ1) is 22.7. The monoisotopic (exact) mass is 396 g/mol. The van der Waals surface area contributed by atoms with Crippen LogP contribution in [0, 0.1) is 0 Å². The molecule has 1 fully saturated rings. The molecule has 2 aromatic rings. The number of aliphatic hydroxyl groups is 1. The highest BCUT2D eigenvalue weighted by Gasteiger charge is 2.21. The fourth-order valence-corrected chi connectivity index (χ4v) is 3.01. The van der Waals surface area contributed by atoms with Gasteiger partial charge in [0.1, 0.15) is 11.6 Å². The summed E-state index contributed by atoms with van der Waals surface area (Å²) in [7, 11) is 0. The van der Waals surface area contributed by atoms with E-state index in [4.69, 9.17) is 5.73 Å². The minimum absolute atomic E-state index is 0. The van der Waals surface area contributed by atoms with E-state index in [-0.39, 0.29) is 29.2 Å². The molecule has 1 amide bonds. The smallest absolute Gasteiger partial charge is 0.252 e. The van der Waals surface area contributed by atoms with E-state index >= 15 is 0 Å². The molecule has 6 N–H and O–H groups in total. The molecule has 9 heteroatoms. The zero-order chi connectivity index (χ0) is 17.8. The maximum atomic E-state index is 11.3. The highest BCUT2D eigenvalue weighted by molar-refractivity contribution is 5.95. The maximum Gasteiger partial charge on any atom is 0.252 e. The first-order valence-corrected chi connectivity index (χ1v) is 8.23. The number of nitrogens with zero attached hydrogens (tertiary/aromatic N) is 3. The van der Waals surface area contributed by atoms with E-state index in [9.17, 15) is 15.0 Å². The number of aromatic hydroxyl groups is 1. The maximum absolute atomic E-state index is 11.3. The predicted octanol–water partition coefficient (Wildman–Crippen LogP) is 0.339. The van der Waals surface area contributed by atoms with Crippen LogP contribution in [0.1, 0.15) is 22.0 Å². The quantitative estimate of drug-likeness (QED) is 0.667. The van der Waals surface area contributed by atoms with Crippen LogP contribution in [0.5, 0.6) is 5.75 Å². The van der Waals surface area contributed by atoms with Crippen molar-refractivity contribution in [2.45, 2.75) is 6.10 Å². The van der Waals surface area contributed by atoms with Crippen LogP contribution >= 0.6 is 12.4 Å². The lowest BCUT2D eigenvalue weighted by molar-refractivity contribution is 0.0995. The molecule has 0 saturated carbocycles. The molecule has 0 aliphatic carbocycles. The number of primary amides is 1. The van der Waals surface area contributed by atoms with Gasteiger partial charge in [0.25, 0.3) is 5.91 Å². The Bertz CT molecular complexity index is 739. The second kappa shape index (κ2) is 10.1. The molecule has 27 heavy (non-hydrogen) atoms. The fraction of sp³-hybridized carbons (Fsp3) is 0.333. The summed E-state index contributed by atoms with van der Waals surface area (Å²) in [6, 6.07) is 10.3. The predicted molar refractivity (Wildman–Crippen MR) is 105 cm³/mol. The Morgan fingerprint density at radius 2 is 1.89 bits per heavy atom. The van der Waals surface area contributed by atoms with Crippen LogP contribution in [0.25, 0.3) is 0 Å². The van der Waals surface area contributed by atoms with Gasteiger partial charge in [0.2, 0.25) is 0 Å². The molecule has 2 heterocycles. The third-order valence-electron chi connectivity index (χ3n) is 4.45. The Balaban J connectivity index is 0.00000182. The summed E-state index contributed by atoms with van der Waals surface area (Å²) in [6.07, 6.45) is 1.03. The van der Waals surface area contributed by atoms with Crippen molar-refractivity contribution in [3.05, 3.63) is 53.7 Å². The van der Waals surface area contributed by atoms with Crippen LogP contribution in [0.15, 0.2) is 42.6 Å². The number of nitrogens with two attached hydrogens (primary N) is 1. The second-order valence-corrected chi connectivity index (χ2v) is 6.13. The largest absolute Gasteiger partial charge is 0.507 e. The summed E-state index contributed by atoms with van der Waals surface area (Å²) in [5, 5.41) is 20.1. The van der Waals surface area contributed by atoms with Gasteiger partial charge >= 0.3 is 0 Å². The highest BCUT2D eigenvalue weighted by Crippen LogP contribution is 2.23. The molecule has 0 radical (unpaired) electrons. The van der Waals surface area contributed by atoms with Crippen LogP contribution in [-0.4, -0.2) is 64.2 Å². The number of piperazine rings is 1. The minimum Gasteiger partial charge on any atom is -0.507 e. The summed E-state index contributed by atoms with van der Waals surface area (Å²) < 4.78 is 0. The number of amides is 1. The van der Waals surface area contributed by atoms with Gasteiger partial charge in [-0.1, -0.05) is 12.1 Å². The highest BCUT2D eigenvalue weighted by atomic mass is 35.5. The van der Waals surface area contributed by atoms with Gasteiger partial charge in [-0.05, 0) is 29.8 Å². The molecule has 8 nitrogen and oxygen atoms in total. The van der Waals surface area contributed by atoms with Gasteiger partial charge in [-0.3, -0.25) is 9.69 Å². The summed E-state index contributed by atoms with van der Waals surface area (Å²) in [5.74, 6) is 0.0790. The number of benzene rings is 1. The zero-order valence-corrected chi connectivity index (χ0v) is 15.6. The number of hydrogen-bond acceptors (Lipinski definition) is 6. The van der Waals surface area contributed by atoms with Gasteiger partial charge in [-0.15, -0.1) is 12.4 Å². The normalized spacial score (nSPS) is 15.4. The van der Waals surface area contributed by atoms with Crippen LogP contribution in [0.3, 0.4) is 0 Å². The summed E-state index contributed by atoms with van der Waals surface area (Å²) in [6.45, 7) is 3.76. The summed E-state index contributed by atoms with van der Waals surface area (Å²) >= 11 is 0. The molecule has 1 aliphatic heterocycles. The lowest BCUT2D eigenvalue weighted by atomic mass is 10.0. The van der Waals surface area contributed by atoms with Gasteiger partial charge in [-0.2, -0.15) is 0 Å². The van der Waals surface area contributed by atoms with E-state index in [1.807, 2.05) is 18.2 Å². The van der Waals surface area contributed by atoms with Gasteiger partial charge < -0.3 is 26.3 Å². The summed E-state index contributed by atoms with van der Waals surface area (Å²) in [5.41, 5.74) is 5.83. The van der Waals surface area contributed by atoms with Crippen molar-refractivity contribution in [3.63, 3.8) is 0 Å². The lowest BCUT2D eigenvalue weighted by Crippen LogP contribution is -2.47. The average Bonchev–Trinajstić information content (AvgIpc) is 2.63. The molecular formula is C18H25ClN4O4. The van der Waals surface area contributed by atoms with Crippen LogP contribution in [-0.2, 0) is 0 Å². The Kier molecular flexibility index (Phi) is 8.45. The van der Waals surface area contributed by atoms with Crippen molar-refractivity contribution < 1.29 is 20.5 Å². The molecule has 0 spiro atoms. The molecule has 1 aromatic heterocycles. The third-order valence-corrected chi connectivity index (χ3v) is 4.45. The molecular weight excluding hydrogens is 372 g/mol. The van der Waals surface area contributed by atoms with Crippen molar-refractivity contribution in [3.8, 4) is 5.75 Å². The number of aliphatic hydroxyl groups excluding tert-OH is 1. The molecule has 0 bridgehead atoms. The number of anilines is 1. The SMILES string of the molecule is Cl.NC(=O)c1cc(C(O)CN2CCN(c3ccccn3)CC2)ccc1O.O. The van der Waals surface area contributed by atoms with E-state index in [1.54, 1.807) is 12.3 Å². The first-order chi connectivity index (χ1) is 12.0. The van der Waals surface area contributed by atoms with Crippen LogP contribution in [0.4, 0.5) is 5.82 Å². The first-order valence-electron chi connectivity index (χ1n) is 8.23. The number of phenols is 1. The third kappa shape index (κ3) is 5.54. The lowest BCUT2D eigenvalue weighted by Gasteiger charge is -2.36. The number of pyridine rings is 1.